The lowest BCUT2D eigenvalue weighted by atomic mass is 10.0. The number of benzene rings is 1. The van der Waals surface area contributed by atoms with Crippen LogP contribution in [0.1, 0.15) is 42.1 Å². The summed E-state index contributed by atoms with van der Waals surface area (Å²) in [7, 11) is 0. The van der Waals surface area contributed by atoms with Crippen molar-refractivity contribution in [3.8, 4) is 0 Å². The molecule has 1 aromatic carbocycles. The molecule has 2 rings (SSSR count). The van der Waals surface area contributed by atoms with Crippen LogP contribution >= 0.6 is 0 Å². The first kappa shape index (κ1) is 14.2. The predicted octanol–water partition coefficient (Wildman–Crippen LogP) is 2.72. The molecule has 0 bridgehead atoms. The van der Waals surface area contributed by atoms with Gasteiger partial charge in [-0.15, -0.1) is 0 Å². The Morgan fingerprint density at radius 2 is 1.95 bits per heavy atom. The molecule has 3 heteroatoms. The number of ether oxygens (including phenoxy) is 1. The Balaban J connectivity index is 1.95. The van der Waals surface area contributed by atoms with Crippen molar-refractivity contribution in [1.82, 2.24) is 4.90 Å². The maximum Gasteiger partial charge on any atom is 0.176 e. The molecular weight excluding hydrogens is 238 g/mol. The van der Waals surface area contributed by atoms with Gasteiger partial charge in [-0.3, -0.25) is 9.69 Å². The highest BCUT2D eigenvalue weighted by molar-refractivity contribution is 5.97. The van der Waals surface area contributed by atoms with E-state index in [-0.39, 0.29) is 5.78 Å². The SMILES string of the molecule is CC(C)c1ccc(C(=O)CN2CCCOCC2)cc1. The average molecular weight is 261 g/mol. The third-order valence-corrected chi connectivity index (χ3v) is 3.58. The van der Waals surface area contributed by atoms with Crippen LogP contribution in [0.3, 0.4) is 0 Å². The van der Waals surface area contributed by atoms with E-state index in [9.17, 15) is 4.79 Å². The summed E-state index contributed by atoms with van der Waals surface area (Å²) < 4.78 is 5.40. The normalized spacial score (nSPS) is 17.4. The number of hydrogen-bond donors (Lipinski definition) is 0. The number of hydrogen-bond acceptors (Lipinski definition) is 3. The summed E-state index contributed by atoms with van der Waals surface area (Å²) >= 11 is 0. The van der Waals surface area contributed by atoms with Crippen molar-refractivity contribution < 1.29 is 9.53 Å². The Morgan fingerprint density at radius 3 is 2.63 bits per heavy atom. The van der Waals surface area contributed by atoms with E-state index in [2.05, 4.69) is 30.9 Å². The van der Waals surface area contributed by atoms with Gasteiger partial charge in [0.2, 0.25) is 0 Å². The molecule has 1 aromatic rings. The van der Waals surface area contributed by atoms with E-state index in [0.717, 1.165) is 38.3 Å². The van der Waals surface area contributed by atoms with Crippen LogP contribution < -0.4 is 0 Å². The molecule has 0 N–H and O–H groups in total. The van der Waals surface area contributed by atoms with Gasteiger partial charge in [-0.05, 0) is 17.9 Å². The standard InChI is InChI=1S/C16H23NO2/c1-13(2)14-4-6-15(7-5-14)16(18)12-17-8-3-10-19-11-9-17/h4-7,13H,3,8-12H2,1-2H3. The van der Waals surface area contributed by atoms with Crippen molar-refractivity contribution in [3.05, 3.63) is 35.4 Å². The van der Waals surface area contributed by atoms with Crippen LogP contribution in [0.15, 0.2) is 24.3 Å². The highest BCUT2D eigenvalue weighted by Gasteiger charge is 2.14. The zero-order valence-corrected chi connectivity index (χ0v) is 11.9. The molecule has 0 saturated carbocycles. The van der Waals surface area contributed by atoms with Gasteiger partial charge in [-0.25, -0.2) is 0 Å². The largest absolute Gasteiger partial charge is 0.380 e. The van der Waals surface area contributed by atoms with Gasteiger partial charge in [-0.2, -0.15) is 0 Å². The molecule has 1 aliphatic rings. The molecule has 1 heterocycles. The second kappa shape index (κ2) is 6.83. The van der Waals surface area contributed by atoms with E-state index in [0.29, 0.717) is 12.5 Å². The van der Waals surface area contributed by atoms with Crippen LogP contribution in [0.2, 0.25) is 0 Å². The van der Waals surface area contributed by atoms with E-state index in [1.807, 2.05) is 12.1 Å². The molecule has 1 aliphatic heterocycles. The topological polar surface area (TPSA) is 29.5 Å². The maximum atomic E-state index is 12.2. The Hall–Kier alpha value is -1.19. The fourth-order valence-corrected chi connectivity index (χ4v) is 2.30. The van der Waals surface area contributed by atoms with E-state index in [4.69, 9.17) is 4.74 Å². The summed E-state index contributed by atoms with van der Waals surface area (Å²) in [6.07, 6.45) is 1.01. The van der Waals surface area contributed by atoms with E-state index in [1.54, 1.807) is 0 Å². The monoisotopic (exact) mass is 261 g/mol. The lowest BCUT2D eigenvalue weighted by Gasteiger charge is -2.18. The van der Waals surface area contributed by atoms with Crippen molar-refractivity contribution in [2.24, 2.45) is 0 Å². The molecule has 1 fully saturated rings. The number of ketones is 1. The second-order valence-corrected chi connectivity index (χ2v) is 5.44. The van der Waals surface area contributed by atoms with Gasteiger partial charge in [0.25, 0.3) is 0 Å². The molecule has 3 nitrogen and oxygen atoms in total. The molecule has 0 radical (unpaired) electrons. The van der Waals surface area contributed by atoms with E-state index < -0.39 is 0 Å². The summed E-state index contributed by atoms with van der Waals surface area (Å²) in [5, 5.41) is 0. The predicted molar refractivity (Wildman–Crippen MR) is 76.7 cm³/mol. The minimum absolute atomic E-state index is 0.206. The zero-order chi connectivity index (χ0) is 13.7. The first-order valence-electron chi connectivity index (χ1n) is 7.10. The van der Waals surface area contributed by atoms with Gasteiger partial charge in [0.15, 0.2) is 5.78 Å². The average Bonchev–Trinajstić information content (AvgIpc) is 2.67. The molecule has 1 saturated heterocycles. The highest BCUT2D eigenvalue weighted by atomic mass is 16.5. The molecule has 0 spiro atoms. The van der Waals surface area contributed by atoms with Crippen LogP contribution in [0.25, 0.3) is 0 Å². The summed E-state index contributed by atoms with van der Waals surface area (Å²) in [6.45, 7) is 8.19. The molecule has 0 aliphatic carbocycles. The smallest absolute Gasteiger partial charge is 0.176 e. The van der Waals surface area contributed by atoms with Gasteiger partial charge in [0, 0.05) is 25.3 Å². The van der Waals surface area contributed by atoms with Crippen LogP contribution in [0.4, 0.5) is 0 Å². The van der Waals surface area contributed by atoms with Gasteiger partial charge in [0.05, 0.1) is 13.2 Å². The van der Waals surface area contributed by atoms with E-state index >= 15 is 0 Å². The minimum atomic E-state index is 0.206. The van der Waals surface area contributed by atoms with Crippen molar-refractivity contribution in [2.45, 2.75) is 26.2 Å². The quantitative estimate of drug-likeness (QED) is 0.780. The van der Waals surface area contributed by atoms with Crippen LogP contribution in [0.5, 0.6) is 0 Å². The minimum Gasteiger partial charge on any atom is -0.380 e. The number of nitrogens with zero attached hydrogens (tertiary/aromatic N) is 1. The molecule has 0 atom stereocenters. The van der Waals surface area contributed by atoms with Crippen LogP contribution in [-0.4, -0.2) is 43.5 Å². The molecule has 0 unspecified atom stereocenters. The summed E-state index contributed by atoms with van der Waals surface area (Å²) in [5.41, 5.74) is 2.09. The first-order chi connectivity index (χ1) is 9.16. The van der Waals surface area contributed by atoms with Gasteiger partial charge < -0.3 is 4.74 Å². The number of Topliss-reactive ketones (excluding diaryl/α,β-unsaturated/α-hetero) is 1. The lowest BCUT2D eigenvalue weighted by molar-refractivity contribution is 0.0922. The van der Waals surface area contributed by atoms with Crippen LogP contribution in [-0.2, 0) is 4.74 Å². The highest BCUT2D eigenvalue weighted by Crippen LogP contribution is 2.15. The fraction of sp³-hybridized carbons (Fsp3) is 0.562. The molecule has 19 heavy (non-hydrogen) atoms. The molecule has 0 aromatic heterocycles. The number of carbonyl (C=O) groups excluding carboxylic acids is 1. The summed E-state index contributed by atoms with van der Waals surface area (Å²) in [4.78, 5) is 14.4. The maximum absolute atomic E-state index is 12.2. The van der Waals surface area contributed by atoms with E-state index in [1.165, 1.54) is 5.56 Å². The van der Waals surface area contributed by atoms with Gasteiger partial charge in [0.1, 0.15) is 0 Å². The number of rotatable bonds is 4. The van der Waals surface area contributed by atoms with Crippen molar-refractivity contribution in [1.29, 1.82) is 0 Å². The lowest BCUT2D eigenvalue weighted by Crippen LogP contribution is -2.32. The third kappa shape index (κ3) is 4.15. The van der Waals surface area contributed by atoms with Crippen molar-refractivity contribution in [3.63, 3.8) is 0 Å². The summed E-state index contributed by atoms with van der Waals surface area (Å²) in [5.74, 6) is 0.712. The third-order valence-electron chi connectivity index (χ3n) is 3.58. The first-order valence-corrected chi connectivity index (χ1v) is 7.10. The Bertz CT molecular complexity index is 403. The molecule has 0 amide bonds. The number of carbonyl (C=O) groups is 1. The molecule has 104 valence electrons. The molecular formula is C16H23NO2. The van der Waals surface area contributed by atoms with Crippen molar-refractivity contribution in [2.75, 3.05) is 32.8 Å². The van der Waals surface area contributed by atoms with Gasteiger partial charge in [-0.1, -0.05) is 38.1 Å². The zero-order valence-electron chi connectivity index (χ0n) is 11.9. The van der Waals surface area contributed by atoms with Crippen molar-refractivity contribution >= 4 is 5.78 Å². The Labute approximate surface area is 115 Å². The Morgan fingerprint density at radius 1 is 1.21 bits per heavy atom. The van der Waals surface area contributed by atoms with Gasteiger partial charge >= 0.3 is 0 Å². The summed E-state index contributed by atoms with van der Waals surface area (Å²) in [6, 6.07) is 8.02. The van der Waals surface area contributed by atoms with Crippen LogP contribution in [0, 0.1) is 0 Å². The fourth-order valence-electron chi connectivity index (χ4n) is 2.30. The Kier molecular flexibility index (Phi) is 5.11. The second-order valence-electron chi connectivity index (χ2n) is 5.44.